The maximum Gasteiger partial charge on any atom is -0.00328 e. The van der Waals surface area contributed by atoms with E-state index < -0.39 is 0 Å². The van der Waals surface area contributed by atoms with Crippen molar-refractivity contribution in [3.05, 3.63) is 24.3 Å². The minimum Gasteiger partial charge on any atom is -0.161 e. The highest BCUT2D eigenvalue weighted by Crippen LogP contribution is 2.06. The van der Waals surface area contributed by atoms with E-state index in [0.29, 0.717) is 0 Å². The summed E-state index contributed by atoms with van der Waals surface area (Å²) < 4.78 is 0. The average Bonchev–Trinajstić information content (AvgIpc) is 2.26. The van der Waals surface area contributed by atoms with Crippen molar-refractivity contribution in [3.63, 3.8) is 0 Å². The Morgan fingerprint density at radius 1 is 0.667 bits per heavy atom. The largest absolute Gasteiger partial charge is 0.161 e. The zero-order valence-electron chi connectivity index (χ0n) is 10.4. The van der Waals surface area contributed by atoms with Crippen LogP contribution in [0.1, 0.15) is 52.4 Å². The second kappa shape index (κ2) is 13.8. The van der Waals surface area contributed by atoms with Crippen LogP contribution < -0.4 is 0 Å². The number of hydrogen-bond acceptors (Lipinski definition) is 1. The Bertz CT molecular complexity index is 141. The average molecular weight is 226 g/mol. The molecule has 0 amide bonds. The summed E-state index contributed by atoms with van der Waals surface area (Å²) in [6.45, 7) is 4.45. The third-order valence-corrected chi connectivity index (χ3v) is 3.15. The first-order valence-corrected chi connectivity index (χ1v) is 7.45. The van der Waals surface area contributed by atoms with Crippen LogP contribution in [0, 0.1) is 0 Å². The summed E-state index contributed by atoms with van der Waals surface area (Å²) in [7, 11) is 0. The van der Waals surface area contributed by atoms with E-state index in [9.17, 15) is 0 Å². The molecule has 0 aliphatic carbocycles. The van der Waals surface area contributed by atoms with Gasteiger partial charge < -0.3 is 0 Å². The molecule has 0 saturated heterocycles. The fourth-order valence-electron chi connectivity index (χ4n) is 1.21. The molecule has 0 N–H and O–H groups in total. The van der Waals surface area contributed by atoms with Gasteiger partial charge in [0.25, 0.3) is 0 Å². The van der Waals surface area contributed by atoms with E-state index in [1.54, 1.807) is 0 Å². The van der Waals surface area contributed by atoms with Crippen molar-refractivity contribution in [1.29, 1.82) is 0 Å². The van der Waals surface area contributed by atoms with Crippen LogP contribution >= 0.6 is 11.8 Å². The molecule has 0 aliphatic heterocycles. The van der Waals surface area contributed by atoms with E-state index in [1.807, 2.05) is 0 Å². The Labute approximate surface area is 100 Å². The lowest BCUT2D eigenvalue weighted by Gasteiger charge is -1.95. The van der Waals surface area contributed by atoms with Gasteiger partial charge in [0.2, 0.25) is 0 Å². The first-order valence-electron chi connectivity index (χ1n) is 6.29. The van der Waals surface area contributed by atoms with E-state index in [0.717, 1.165) is 0 Å². The highest BCUT2D eigenvalue weighted by atomic mass is 32.2. The summed E-state index contributed by atoms with van der Waals surface area (Å²) in [5.74, 6) is 2.56. The van der Waals surface area contributed by atoms with E-state index >= 15 is 0 Å². The van der Waals surface area contributed by atoms with Crippen LogP contribution in [0.3, 0.4) is 0 Å². The zero-order chi connectivity index (χ0) is 11.2. The number of hydrogen-bond donors (Lipinski definition) is 0. The van der Waals surface area contributed by atoms with Gasteiger partial charge in [0.05, 0.1) is 0 Å². The summed E-state index contributed by atoms with van der Waals surface area (Å²) in [6, 6.07) is 0. The Balaban J connectivity index is 3.04. The van der Waals surface area contributed by atoms with Gasteiger partial charge in [-0.15, -0.1) is 0 Å². The predicted molar refractivity (Wildman–Crippen MR) is 74.7 cm³/mol. The van der Waals surface area contributed by atoms with Gasteiger partial charge >= 0.3 is 0 Å². The molecular weight excluding hydrogens is 200 g/mol. The third kappa shape index (κ3) is 13.8. The highest BCUT2D eigenvalue weighted by molar-refractivity contribution is 7.99. The Hall–Kier alpha value is -0.170. The Morgan fingerprint density at radius 3 is 1.47 bits per heavy atom. The minimum atomic E-state index is 1.24. The van der Waals surface area contributed by atoms with Crippen LogP contribution in [0.4, 0.5) is 0 Å². The third-order valence-electron chi connectivity index (χ3n) is 2.10. The second-order valence-corrected chi connectivity index (χ2v) is 4.93. The molecule has 0 atom stereocenters. The first kappa shape index (κ1) is 14.8. The zero-order valence-corrected chi connectivity index (χ0v) is 11.2. The summed E-state index contributed by atoms with van der Waals surface area (Å²) in [6.07, 6.45) is 16.8. The van der Waals surface area contributed by atoms with E-state index in [2.05, 4.69) is 49.9 Å². The lowest BCUT2D eigenvalue weighted by Crippen LogP contribution is -1.80. The fraction of sp³-hybridized carbons (Fsp3) is 0.714. The lowest BCUT2D eigenvalue weighted by atomic mass is 10.3. The quantitative estimate of drug-likeness (QED) is 0.364. The maximum atomic E-state index is 2.32. The molecule has 0 saturated carbocycles. The second-order valence-electron chi connectivity index (χ2n) is 3.71. The molecule has 0 nitrogen and oxygen atoms in total. The minimum absolute atomic E-state index is 1.24. The standard InChI is InChI=1S/C14H26S/c1-3-5-7-9-11-13-15-14-12-10-8-6-4-2/h7-10H,3-6,11-14H2,1-2H3/b9-7+,10-8+. The number of unbranched alkanes of at least 4 members (excludes halogenated alkanes) is 2. The number of thioether (sulfide) groups is 1. The Kier molecular flexibility index (Phi) is 13.7. The summed E-state index contributed by atoms with van der Waals surface area (Å²) in [5.41, 5.74) is 0. The van der Waals surface area contributed by atoms with E-state index in [1.165, 1.54) is 50.0 Å². The summed E-state index contributed by atoms with van der Waals surface area (Å²) >= 11 is 2.07. The molecule has 1 heteroatoms. The van der Waals surface area contributed by atoms with Crippen molar-refractivity contribution >= 4 is 11.8 Å². The maximum absolute atomic E-state index is 2.32. The number of rotatable bonds is 10. The SMILES string of the molecule is CCC/C=C/CCSCC/C=C/CCC. The monoisotopic (exact) mass is 226 g/mol. The van der Waals surface area contributed by atoms with Crippen molar-refractivity contribution in [2.24, 2.45) is 0 Å². The molecule has 0 unspecified atom stereocenters. The van der Waals surface area contributed by atoms with Crippen LogP contribution in [0.25, 0.3) is 0 Å². The van der Waals surface area contributed by atoms with Gasteiger partial charge in [0.15, 0.2) is 0 Å². The molecule has 0 rings (SSSR count). The normalized spacial score (nSPS) is 11.9. The molecule has 15 heavy (non-hydrogen) atoms. The molecule has 88 valence electrons. The topological polar surface area (TPSA) is 0 Å². The molecule has 0 aromatic rings. The van der Waals surface area contributed by atoms with Gasteiger partial charge in [-0.25, -0.2) is 0 Å². The first-order chi connectivity index (χ1) is 7.41. The number of allylic oxidation sites excluding steroid dienone is 4. The predicted octanol–water partition coefficient (Wildman–Crippen LogP) is 5.21. The molecule has 0 aromatic carbocycles. The molecule has 0 fully saturated rings. The van der Waals surface area contributed by atoms with Crippen LogP contribution in [0.2, 0.25) is 0 Å². The van der Waals surface area contributed by atoms with Gasteiger partial charge in [-0.3, -0.25) is 0 Å². The van der Waals surface area contributed by atoms with Crippen LogP contribution in [-0.4, -0.2) is 11.5 Å². The Morgan fingerprint density at radius 2 is 1.07 bits per heavy atom. The van der Waals surface area contributed by atoms with Gasteiger partial charge in [-0.2, -0.15) is 11.8 Å². The highest BCUT2D eigenvalue weighted by Gasteiger charge is 1.85. The molecule has 0 aliphatic rings. The molecule has 0 aromatic heterocycles. The molecular formula is C14H26S. The summed E-state index contributed by atoms with van der Waals surface area (Å²) in [5, 5.41) is 0. The van der Waals surface area contributed by atoms with Crippen LogP contribution in [0.5, 0.6) is 0 Å². The van der Waals surface area contributed by atoms with Crippen molar-refractivity contribution in [1.82, 2.24) is 0 Å². The van der Waals surface area contributed by atoms with Crippen LogP contribution in [0.15, 0.2) is 24.3 Å². The smallest absolute Gasteiger partial charge is 0.00328 e. The lowest BCUT2D eigenvalue weighted by molar-refractivity contribution is 0.951. The molecule has 0 bridgehead atoms. The van der Waals surface area contributed by atoms with Crippen LogP contribution in [-0.2, 0) is 0 Å². The van der Waals surface area contributed by atoms with Gasteiger partial charge in [0, 0.05) is 0 Å². The van der Waals surface area contributed by atoms with Crippen molar-refractivity contribution in [3.8, 4) is 0 Å². The van der Waals surface area contributed by atoms with Crippen molar-refractivity contribution in [2.75, 3.05) is 11.5 Å². The summed E-state index contributed by atoms with van der Waals surface area (Å²) in [4.78, 5) is 0. The molecule has 0 spiro atoms. The van der Waals surface area contributed by atoms with E-state index in [4.69, 9.17) is 0 Å². The van der Waals surface area contributed by atoms with Crippen molar-refractivity contribution < 1.29 is 0 Å². The molecule has 0 radical (unpaired) electrons. The van der Waals surface area contributed by atoms with Gasteiger partial charge in [-0.05, 0) is 37.2 Å². The van der Waals surface area contributed by atoms with E-state index in [-0.39, 0.29) is 0 Å². The molecule has 0 heterocycles. The fourth-order valence-corrected chi connectivity index (χ4v) is 2.02. The van der Waals surface area contributed by atoms with Gasteiger partial charge in [0.1, 0.15) is 0 Å². The van der Waals surface area contributed by atoms with Gasteiger partial charge in [-0.1, -0.05) is 51.0 Å². The van der Waals surface area contributed by atoms with Crippen molar-refractivity contribution in [2.45, 2.75) is 52.4 Å².